The molecule has 0 atom stereocenters. The van der Waals surface area contributed by atoms with Gasteiger partial charge in [-0.3, -0.25) is 4.79 Å². The minimum Gasteiger partial charge on any atom is -0.482 e. The highest BCUT2D eigenvalue weighted by Crippen LogP contribution is 2.15. The van der Waals surface area contributed by atoms with E-state index in [1.54, 1.807) is 6.08 Å². The fourth-order valence-corrected chi connectivity index (χ4v) is 1.60. The van der Waals surface area contributed by atoms with E-state index in [1.165, 1.54) is 12.3 Å². The van der Waals surface area contributed by atoms with Crippen LogP contribution in [0.15, 0.2) is 64.5 Å². The van der Waals surface area contributed by atoms with Crippen molar-refractivity contribution in [2.24, 2.45) is 0 Å². The fraction of sp³-hybridized carbons (Fsp3) is 0.133. The van der Waals surface area contributed by atoms with Gasteiger partial charge in [-0.15, -0.1) is 6.58 Å². The Balaban J connectivity index is 2.18. The van der Waals surface area contributed by atoms with Crippen molar-refractivity contribution in [3.63, 3.8) is 0 Å². The first-order valence-electron chi connectivity index (χ1n) is 5.69. The van der Waals surface area contributed by atoms with Crippen LogP contribution in [0.2, 0.25) is 0 Å². The first kappa shape index (κ1) is 12.2. The van der Waals surface area contributed by atoms with Crippen LogP contribution in [0.25, 0.3) is 0 Å². The predicted octanol–water partition coefficient (Wildman–Crippen LogP) is 2.95. The summed E-state index contributed by atoms with van der Waals surface area (Å²) in [4.78, 5) is 11.7. The zero-order valence-electron chi connectivity index (χ0n) is 9.96. The van der Waals surface area contributed by atoms with Gasteiger partial charge in [0.25, 0.3) is 0 Å². The monoisotopic (exact) mass is 242 g/mol. The molecule has 0 unspecified atom stereocenters. The average Bonchev–Trinajstić information content (AvgIpc) is 2.40. The molecule has 1 heterocycles. The summed E-state index contributed by atoms with van der Waals surface area (Å²) in [6.07, 6.45) is 3.52. The molecule has 2 rings (SSSR count). The number of hydrogen-bond donors (Lipinski definition) is 0. The number of ether oxygens (including phenoxy) is 1. The maximum absolute atomic E-state index is 11.7. The Kier molecular flexibility index (Phi) is 3.97. The molecule has 18 heavy (non-hydrogen) atoms. The molecule has 0 bridgehead atoms. The first-order chi connectivity index (χ1) is 8.81. The molecular formula is C15H14O3. The van der Waals surface area contributed by atoms with Gasteiger partial charge in [0, 0.05) is 12.5 Å². The Morgan fingerprint density at radius 1 is 1.22 bits per heavy atom. The Morgan fingerprint density at radius 2 is 2.00 bits per heavy atom. The van der Waals surface area contributed by atoms with Gasteiger partial charge in [-0.1, -0.05) is 36.4 Å². The summed E-state index contributed by atoms with van der Waals surface area (Å²) < 4.78 is 10.8. The van der Waals surface area contributed by atoms with Gasteiger partial charge in [0.05, 0.1) is 6.26 Å². The van der Waals surface area contributed by atoms with Crippen molar-refractivity contribution in [3.05, 3.63) is 76.9 Å². The minimum absolute atomic E-state index is 0.172. The van der Waals surface area contributed by atoms with Crippen molar-refractivity contribution >= 4 is 0 Å². The van der Waals surface area contributed by atoms with Crippen molar-refractivity contribution in [1.29, 1.82) is 0 Å². The van der Waals surface area contributed by atoms with E-state index in [0.717, 1.165) is 5.56 Å². The maximum atomic E-state index is 11.7. The summed E-state index contributed by atoms with van der Waals surface area (Å²) in [5.41, 5.74) is 0.833. The van der Waals surface area contributed by atoms with E-state index >= 15 is 0 Å². The van der Waals surface area contributed by atoms with E-state index in [4.69, 9.17) is 9.15 Å². The molecule has 0 aliphatic heterocycles. The maximum Gasteiger partial charge on any atom is 0.227 e. The summed E-state index contributed by atoms with van der Waals surface area (Å²) in [6, 6.07) is 11.0. The van der Waals surface area contributed by atoms with Gasteiger partial charge >= 0.3 is 0 Å². The third-order valence-electron chi connectivity index (χ3n) is 2.46. The molecule has 0 N–H and O–H groups in total. The molecule has 0 saturated carbocycles. The van der Waals surface area contributed by atoms with Gasteiger partial charge < -0.3 is 9.15 Å². The highest BCUT2D eigenvalue weighted by molar-refractivity contribution is 5.26. The topological polar surface area (TPSA) is 39.4 Å². The van der Waals surface area contributed by atoms with E-state index in [9.17, 15) is 4.79 Å². The largest absolute Gasteiger partial charge is 0.482 e. The van der Waals surface area contributed by atoms with Gasteiger partial charge in [0.1, 0.15) is 6.61 Å². The lowest BCUT2D eigenvalue weighted by molar-refractivity contribution is 0.284. The molecule has 3 heteroatoms. The molecule has 0 spiro atoms. The smallest absolute Gasteiger partial charge is 0.227 e. The number of rotatable bonds is 5. The Morgan fingerprint density at radius 3 is 2.72 bits per heavy atom. The van der Waals surface area contributed by atoms with Crippen LogP contribution < -0.4 is 10.2 Å². The van der Waals surface area contributed by atoms with Crippen molar-refractivity contribution in [2.45, 2.75) is 13.0 Å². The molecule has 1 aromatic carbocycles. The molecule has 0 fully saturated rings. The normalized spacial score (nSPS) is 10.0. The number of benzene rings is 1. The molecule has 92 valence electrons. The van der Waals surface area contributed by atoms with E-state index < -0.39 is 0 Å². The third kappa shape index (κ3) is 2.88. The number of allylic oxidation sites excluding steroid dienone is 1. The SMILES string of the molecule is C=CCc1occc(=O)c1OCc1ccccc1. The van der Waals surface area contributed by atoms with Gasteiger partial charge in [0.15, 0.2) is 5.76 Å². The van der Waals surface area contributed by atoms with E-state index in [2.05, 4.69) is 6.58 Å². The first-order valence-corrected chi connectivity index (χ1v) is 5.69. The van der Waals surface area contributed by atoms with Crippen LogP contribution in [-0.4, -0.2) is 0 Å². The molecule has 2 aromatic rings. The molecule has 0 amide bonds. The Bertz CT molecular complexity index is 570. The molecule has 0 aliphatic rings. The van der Waals surface area contributed by atoms with Crippen LogP contribution in [0.5, 0.6) is 5.75 Å². The van der Waals surface area contributed by atoms with Crippen LogP contribution in [0.1, 0.15) is 11.3 Å². The summed E-state index contributed by atoms with van der Waals surface area (Å²) >= 11 is 0. The second-order valence-corrected chi connectivity index (χ2v) is 3.80. The molecule has 0 radical (unpaired) electrons. The minimum atomic E-state index is -0.172. The van der Waals surface area contributed by atoms with Gasteiger partial charge in [-0.05, 0) is 5.56 Å². The lowest BCUT2D eigenvalue weighted by atomic mass is 10.2. The van der Waals surface area contributed by atoms with Crippen LogP contribution in [0.4, 0.5) is 0 Å². The van der Waals surface area contributed by atoms with Gasteiger partial charge in [-0.2, -0.15) is 0 Å². The summed E-state index contributed by atoms with van der Waals surface area (Å²) in [7, 11) is 0. The van der Waals surface area contributed by atoms with Crippen LogP contribution in [-0.2, 0) is 13.0 Å². The molecule has 0 aliphatic carbocycles. The summed E-state index contributed by atoms with van der Waals surface area (Å²) in [5, 5.41) is 0. The van der Waals surface area contributed by atoms with Crippen molar-refractivity contribution in [3.8, 4) is 5.75 Å². The molecule has 3 nitrogen and oxygen atoms in total. The Labute approximate surface area is 105 Å². The zero-order chi connectivity index (χ0) is 12.8. The predicted molar refractivity (Wildman–Crippen MR) is 69.7 cm³/mol. The molecule has 1 aromatic heterocycles. The van der Waals surface area contributed by atoms with E-state index in [0.29, 0.717) is 18.8 Å². The second kappa shape index (κ2) is 5.87. The second-order valence-electron chi connectivity index (χ2n) is 3.80. The fourth-order valence-electron chi connectivity index (χ4n) is 1.60. The van der Waals surface area contributed by atoms with Crippen molar-refractivity contribution in [1.82, 2.24) is 0 Å². The highest BCUT2D eigenvalue weighted by atomic mass is 16.5. The summed E-state index contributed by atoms with van der Waals surface area (Å²) in [6.45, 7) is 3.97. The lowest BCUT2D eigenvalue weighted by Gasteiger charge is -2.08. The van der Waals surface area contributed by atoms with Crippen LogP contribution in [0.3, 0.4) is 0 Å². The highest BCUT2D eigenvalue weighted by Gasteiger charge is 2.09. The third-order valence-corrected chi connectivity index (χ3v) is 2.46. The van der Waals surface area contributed by atoms with Crippen molar-refractivity contribution < 1.29 is 9.15 Å². The molecular weight excluding hydrogens is 228 g/mol. The van der Waals surface area contributed by atoms with Crippen molar-refractivity contribution in [2.75, 3.05) is 0 Å². The quantitative estimate of drug-likeness (QED) is 0.757. The Hall–Kier alpha value is -2.29. The van der Waals surface area contributed by atoms with Crippen LogP contribution >= 0.6 is 0 Å². The van der Waals surface area contributed by atoms with E-state index in [-0.39, 0.29) is 11.2 Å². The average molecular weight is 242 g/mol. The zero-order valence-corrected chi connectivity index (χ0v) is 9.96. The summed E-state index contributed by atoms with van der Waals surface area (Å²) in [5.74, 6) is 0.773. The standard InChI is InChI=1S/C15H14O3/c1-2-6-14-15(13(16)9-10-17-14)18-11-12-7-4-3-5-8-12/h2-5,7-10H,1,6,11H2. The van der Waals surface area contributed by atoms with Gasteiger partial charge in [0.2, 0.25) is 11.2 Å². The van der Waals surface area contributed by atoms with Crippen LogP contribution in [0, 0.1) is 0 Å². The lowest BCUT2D eigenvalue weighted by Crippen LogP contribution is -2.09. The van der Waals surface area contributed by atoms with Gasteiger partial charge in [-0.25, -0.2) is 0 Å². The molecule has 0 saturated heterocycles. The van der Waals surface area contributed by atoms with E-state index in [1.807, 2.05) is 30.3 Å². The number of hydrogen-bond acceptors (Lipinski definition) is 3.